The molecule has 1 aliphatic rings. The van der Waals surface area contributed by atoms with Gasteiger partial charge in [-0.2, -0.15) is 0 Å². The molecule has 0 radical (unpaired) electrons. The van der Waals surface area contributed by atoms with Crippen LogP contribution in [0.15, 0.2) is 0 Å². The molecule has 1 aliphatic heterocycles. The van der Waals surface area contributed by atoms with Crippen molar-refractivity contribution < 1.29 is 4.79 Å². The fraction of sp³-hybridized carbons (Fsp3) is 0.938. The molecule has 1 fully saturated rings. The van der Waals surface area contributed by atoms with Crippen molar-refractivity contribution in [3.63, 3.8) is 0 Å². The lowest BCUT2D eigenvalue weighted by Crippen LogP contribution is -2.36. The molecule has 21 heavy (non-hydrogen) atoms. The number of nitrogens with one attached hydrogen (secondary N) is 1. The van der Waals surface area contributed by atoms with Crippen molar-refractivity contribution in [2.24, 2.45) is 5.73 Å². The summed E-state index contributed by atoms with van der Waals surface area (Å²) < 4.78 is 0. The Hall–Kier alpha value is -0.650. The summed E-state index contributed by atoms with van der Waals surface area (Å²) in [6.45, 7) is 11.4. The van der Waals surface area contributed by atoms with Crippen molar-refractivity contribution in [2.75, 3.05) is 45.8 Å². The van der Waals surface area contributed by atoms with Crippen LogP contribution in [0.3, 0.4) is 0 Å². The average molecular weight is 298 g/mol. The number of rotatable bonds is 9. The molecule has 0 saturated carbocycles. The van der Waals surface area contributed by atoms with Gasteiger partial charge in [0.1, 0.15) is 0 Å². The SMILES string of the molecule is CC(C)NC(=O)CCN1CCCN(CCCCCN)CC1. The molecule has 0 bridgehead atoms. The van der Waals surface area contributed by atoms with Gasteiger partial charge in [-0.25, -0.2) is 0 Å². The van der Waals surface area contributed by atoms with Gasteiger partial charge in [0.25, 0.3) is 0 Å². The molecule has 124 valence electrons. The predicted molar refractivity (Wildman–Crippen MR) is 88.3 cm³/mol. The summed E-state index contributed by atoms with van der Waals surface area (Å²) in [6.07, 6.45) is 5.47. The zero-order valence-electron chi connectivity index (χ0n) is 13.9. The van der Waals surface area contributed by atoms with E-state index in [4.69, 9.17) is 5.73 Å². The minimum atomic E-state index is 0.174. The fourth-order valence-corrected chi connectivity index (χ4v) is 2.78. The summed E-state index contributed by atoms with van der Waals surface area (Å²) in [5.74, 6) is 0.174. The third kappa shape index (κ3) is 9.06. The van der Waals surface area contributed by atoms with Crippen molar-refractivity contribution in [1.29, 1.82) is 0 Å². The lowest BCUT2D eigenvalue weighted by Gasteiger charge is -2.21. The van der Waals surface area contributed by atoms with Crippen molar-refractivity contribution >= 4 is 5.91 Å². The van der Waals surface area contributed by atoms with Crippen LogP contribution in [0.2, 0.25) is 0 Å². The topological polar surface area (TPSA) is 61.6 Å². The molecule has 5 heteroatoms. The number of nitrogens with two attached hydrogens (primary N) is 1. The van der Waals surface area contributed by atoms with Gasteiger partial charge in [-0.1, -0.05) is 6.42 Å². The predicted octanol–water partition coefficient (Wildman–Crippen LogP) is 1.04. The largest absolute Gasteiger partial charge is 0.354 e. The number of carbonyl (C=O) groups is 1. The van der Waals surface area contributed by atoms with Gasteiger partial charge in [0.2, 0.25) is 5.91 Å². The lowest BCUT2D eigenvalue weighted by molar-refractivity contribution is -0.121. The molecule has 0 aromatic heterocycles. The van der Waals surface area contributed by atoms with Gasteiger partial charge in [-0.05, 0) is 59.3 Å². The molecule has 1 rings (SSSR count). The van der Waals surface area contributed by atoms with Gasteiger partial charge < -0.3 is 20.9 Å². The number of nitrogens with zero attached hydrogens (tertiary/aromatic N) is 2. The fourth-order valence-electron chi connectivity index (χ4n) is 2.78. The second-order valence-corrected chi connectivity index (χ2v) is 6.36. The summed E-state index contributed by atoms with van der Waals surface area (Å²) in [7, 11) is 0. The molecule has 0 spiro atoms. The average Bonchev–Trinajstić information content (AvgIpc) is 2.66. The molecule has 3 N–H and O–H groups in total. The van der Waals surface area contributed by atoms with Gasteiger partial charge in [0.05, 0.1) is 0 Å². The molecule has 0 aliphatic carbocycles. The van der Waals surface area contributed by atoms with E-state index in [0.717, 1.165) is 39.1 Å². The normalized spacial score (nSPS) is 17.9. The minimum Gasteiger partial charge on any atom is -0.354 e. The van der Waals surface area contributed by atoms with Crippen LogP contribution >= 0.6 is 0 Å². The Bertz CT molecular complexity index is 283. The maximum atomic E-state index is 11.7. The van der Waals surface area contributed by atoms with E-state index >= 15 is 0 Å². The van der Waals surface area contributed by atoms with Gasteiger partial charge in [-0.15, -0.1) is 0 Å². The van der Waals surface area contributed by atoms with Crippen LogP contribution in [0.25, 0.3) is 0 Å². The van der Waals surface area contributed by atoms with Gasteiger partial charge in [0.15, 0.2) is 0 Å². The molecule has 5 nitrogen and oxygen atoms in total. The van der Waals surface area contributed by atoms with Crippen LogP contribution in [-0.4, -0.2) is 67.6 Å². The van der Waals surface area contributed by atoms with E-state index in [2.05, 4.69) is 15.1 Å². The molecule has 1 saturated heterocycles. The molecule has 0 aromatic carbocycles. The van der Waals surface area contributed by atoms with Gasteiger partial charge >= 0.3 is 0 Å². The van der Waals surface area contributed by atoms with E-state index in [1.165, 1.54) is 32.4 Å². The molecule has 1 amide bonds. The maximum Gasteiger partial charge on any atom is 0.221 e. The second-order valence-electron chi connectivity index (χ2n) is 6.36. The molecule has 0 atom stereocenters. The van der Waals surface area contributed by atoms with E-state index in [1.807, 2.05) is 13.8 Å². The first kappa shape index (κ1) is 18.4. The highest BCUT2D eigenvalue weighted by Gasteiger charge is 2.15. The van der Waals surface area contributed by atoms with Crippen LogP contribution in [0.1, 0.15) is 46.0 Å². The Kier molecular flexibility index (Phi) is 9.63. The molecule has 0 aromatic rings. The van der Waals surface area contributed by atoms with E-state index in [-0.39, 0.29) is 11.9 Å². The first-order valence-electron chi connectivity index (χ1n) is 8.56. The molecule has 1 heterocycles. The summed E-state index contributed by atoms with van der Waals surface area (Å²) in [6, 6.07) is 0.241. The molecule has 0 unspecified atom stereocenters. The first-order valence-corrected chi connectivity index (χ1v) is 8.56. The number of hydrogen-bond donors (Lipinski definition) is 2. The standard InChI is InChI=1S/C16H34N4O/c1-15(2)18-16(21)7-12-20-11-6-10-19(13-14-20)9-5-3-4-8-17/h15H,3-14,17H2,1-2H3,(H,18,21). The monoisotopic (exact) mass is 298 g/mol. The number of carbonyl (C=O) groups excluding carboxylic acids is 1. The number of amides is 1. The Morgan fingerprint density at radius 2 is 1.71 bits per heavy atom. The van der Waals surface area contributed by atoms with Gasteiger partial charge in [0, 0.05) is 32.1 Å². The Morgan fingerprint density at radius 3 is 2.33 bits per heavy atom. The summed E-state index contributed by atoms with van der Waals surface area (Å²) in [5.41, 5.74) is 5.53. The van der Waals surface area contributed by atoms with Crippen LogP contribution in [0.5, 0.6) is 0 Å². The van der Waals surface area contributed by atoms with Crippen molar-refractivity contribution in [2.45, 2.75) is 52.0 Å². The first-order chi connectivity index (χ1) is 10.1. The summed E-state index contributed by atoms with van der Waals surface area (Å²) >= 11 is 0. The highest BCUT2D eigenvalue weighted by atomic mass is 16.1. The third-order valence-corrected chi connectivity index (χ3v) is 3.96. The minimum absolute atomic E-state index is 0.174. The second kappa shape index (κ2) is 11.0. The van der Waals surface area contributed by atoms with E-state index in [1.54, 1.807) is 0 Å². The lowest BCUT2D eigenvalue weighted by atomic mass is 10.2. The van der Waals surface area contributed by atoms with E-state index in [9.17, 15) is 4.79 Å². The van der Waals surface area contributed by atoms with Crippen molar-refractivity contribution in [1.82, 2.24) is 15.1 Å². The van der Waals surface area contributed by atoms with E-state index in [0.29, 0.717) is 6.42 Å². The highest BCUT2D eigenvalue weighted by Crippen LogP contribution is 2.06. The Labute approximate surface area is 130 Å². The number of unbranched alkanes of at least 4 members (excludes halogenated alkanes) is 2. The third-order valence-electron chi connectivity index (χ3n) is 3.96. The molecular weight excluding hydrogens is 264 g/mol. The quantitative estimate of drug-likeness (QED) is 0.624. The van der Waals surface area contributed by atoms with Crippen LogP contribution in [0, 0.1) is 0 Å². The van der Waals surface area contributed by atoms with Crippen LogP contribution in [0.4, 0.5) is 0 Å². The summed E-state index contributed by atoms with van der Waals surface area (Å²) in [5, 5.41) is 2.96. The van der Waals surface area contributed by atoms with Gasteiger partial charge in [-0.3, -0.25) is 4.79 Å². The van der Waals surface area contributed by atoms with Crippen LogP contribution in [-0.2, 0) is 4.79 Å². The molecular formula is C16H34N4O. The zero-order chi connectivity index (χ0) is 15.5. The van der Waals surface area contributed by atoms with E-state index < -0.39 is 0 Å². The number of hydrogen-bond acceptors (Lipinski definition) is 4. The van der Waals surface area contributed by atoms with Crippen molar-refractivity contribution in [3.05, 3.63) is 0 Å². The Morgan fingerprint density at radius 1 is 1.05 bits per heavy atom. The highest BCUT2D eigenvalue weighted by molar-refractivity contribution is 5.76. The zero-order valence-corrected chi connectivity index (χ0v) is 13.9. The van der Waals surface area contributed by atoms with Crippen molar-refractivity contribution in [3.8, 4) is 0 Å². The maximum absolute atomic E-state index is 11.7. The summed E-state index contributed by atoms with van der Waals surface area (Å²) in [4.78, 5) is 16.7. The smallest absolute Gasteiger partial charge is 0.221 e. The Balaban J connectivity index is 2.15. The van der Waals surface area contributed by atoms with Crippen LogP contribution < -0.4 is 11.1 Å².